The van der Waals surface area contributed by atoms with Gasteiger partial charge in [-0.2, -0.15) is 5.26 Å². The van der Waals surface area contributed by atoms with E-state index in [0.29, 0.717) is 31.9 Å². The van der Waals surface area contributed by atoms with Crippen LogP contribution in [0.25, 0.3) is 0 Å². The number of nitriles is 1. The van der Waals surface area contributed by atoms with Gasteiger partial charge in [-0.25, -0.2) is 4.79 Å². The minimum Gasteiger partial charge on any atom is -0.478 e. The molecule has 0 fully saturated rings. The van der Waals surface area contributed by atoms with Gasteiger partial charge in [0.15, 0.2) is 0 Å². The van der Waals surface area contributed by atoms with Crippen LogP contribution in [0, 0.1) is 11.3 Å². The third-order valence-corrected chi connectivity index (χ3v) is 2.84. The summed E-state index contributed by atoms with van der Waals surface area (Å²) < 4.78 is 5.15. The van der Waals surface area contributed by atoms with Crippen LogP contribution in [0.1, 0.15) is 23.7 Å². The average Bonchev–Trinajstić information content (AvgIpc) is 2.55. The van der Waals surface area contributed by atoms with Crippen LogP contribution in [0.5, 0.6) is 0 Å². The summed E-state index contributed by atoms with van der Waals surface area (Å²) in [5.41, 5.74) is 0.669. The molecule has 0 heterocycles. The molecule has 1 aromatic carbocycles. The molecule has 122 valence electrons. The first-order valence-corrected chi connectivity index (χ1v) is 7.14. The number of nitrogens with one attached hydrogen (secondary N) is 2. The highest BCUT2D eigenvalue weighted by Crippen LogP contribution is 2.10. The lowest BCUT2D eigenvalue weighted by Gasteiger charge is -2.05. The monoisotopic (exact) mass is 317 g/mol. The molecule has 1 rings (SSSR count). The molecule has 0 saturated heterocycles. The molecule has 0 aliphatic rings. The highest BCUT2D eigenvalue weighted by molar-refractivity contribution is 5.97. The molecule has 3 N–H and O–H groups in total. The van der Waals surface area contributed by atoms with Crippen molar-refractivity contribution in [1.29, 1.82) is 5.26 Å². The Balaban J connectivity index is 2.53. The van der Waals surface area contributed by atoms with E-state index in [1.54, 1.807) is 12.1 Å². The van der Waals surface area contributed by atoms with Gasteiger partial charge >= 0.3 is 5.97 Å². The van der Waals surface area contributed by atoms with E-state index in [4.69, 9.17) is 15.1 Å². The largest absolute Gasteiger partial charge is 0.478 e. The summed E-state index contributed by atoms with van der Waals surface area (Å²) in [6.07, 6.45) is 1.95. The molecule has 0 spiro atoms. The van der Waals surface area contributed by atoms with E-state index in [9.17, 15) is 9.59 Å². The molecular weight excluding hydrogens is 298 g/mol. The maximum Gasteiger partial charge on any atom is 0.335 e. The minimum absolute atomic E-state index is 0.0660. The number of nitrogens with zero attached hydrogens (tertiary/aromatic N) is 1. The fourth-order valence-electron chi connectivity index (χ4n) is 1.63. The second-order valence-electron chi connectivity index (χ2n) is 4.50. The number of hydrogen-bond donors (Lipinski definition) is 3. The number of ether oxygens (including phenoxy) is 1. The van der Waals surface area contributed by atoms with Crippen LogP contribution in [0.4, 0.5) is 5.69 Å². The van der Waals surface area contributed by atoms with Gasteiger partial charge < -0.3 is 20.5 Å². The maximum atomic E-state index is 11.8. The van der Waals surface area contributed by atoms with Gasteiger partial charge in [-0.05, 0) is 37.6 Å². The van der Waals surface area contributed by atoms with Crippen LogP contribution < -0.4 is 10.6 Å². The van der Waals surface area contributed by atoms with E-state index in [1.165, 1.54) is 18.3 Å². The lowest BCUT2D eigenvalue weighted by atomic mass is 10.2. The lowest BCUT2D eigenvalue weighted by Crippen LogP contribution is -2.26. The Bertz CT molecular complexity index is 603. The van der Waals surface area contributed by atoms with Crippen molar-refractivity contribution in [3.63, 3.8) is 0 Å². The molecule has 0 unspecified atom stereocenters. The summed E-state index contributed by atoms with van der Waals surface area (Å²) >= 11 is 0. The van der Waals surface area contributed by atoms with Crippen LogP contribution in [0.15, 0.2) is 36.0 Å². The first-order valence-electron chi connectivity index (χ1n) is 7.14. The molecule has 0 aliphatic heterocycles. The lowest BCUT2D eigenvalue weighted by molar-refractivity contribution is -0.117. The second kappa shape index (κ2) is 9.97. The van der Waals surface area contributed by atoms with Crippen molar-refractivity contribution in [3.8, 4) is 6.07 Å². The van der Waals surface area contributed by atoms with Crippen LogP contribution >= 0.6 is 0 Å². The van der Waals surface area contributed by atoms with E-state index in [1.807, 2.05) is 13.0 Å². The van der Waals surface area contributed by atoms with Gasteiger partial charge in [-0.1, -0.05) is 0 Å². The van der Waals surface area contributed by atoms with Crippen LogP contribution in [-0.2, 0) is 9.53 Å². The van der Waals surface area contributed by atoms with E-state index in [2.05, 4.69) is 10.6 Å². The number of rotatable bonds is 9. The highest BCUT2D eigenvalue weighted by Gasteiger charge is 2.08. The fraction of sp³-hybridized carbons (Fsp3) is 0.312. The Morgan fingerprint density at radius 3 is 2.61 bits per heavy atom. The molecule has 0 aliphatic carbocycles. The second-order valence-corrected chi connectivity index (χ2v) is 4.50. The zero-order valence-corrected chi connectivity index (χ0v) is 12.8. The quantitative estimate of drug-likeness (QED) is 0.363. The predicted octanol–water partition coefficient (Wildman–Crippen LogP) is 1.75. The van der Waals surface area contributed by atoms with Crippen molar-refractivity contribution >= 4 is 17.6 Å². The minimum atomic E-state index is -1.02. The first-order chi connectivity index (χ1) is 11.1. The molecule has 0 bridgehead atoms. The molecular formula is C16H19N3O4. The van der Waals surface area contributed by atoms with E-state index >= 15 is 0 Å². The summed E-state index contributed by atoms with van der Waals surface area (Å²) in [6.45, 7) is 3.49. The zero-order valence-electron chi connectivity index (χ0n) is 12.8. The summed E-state index contributed by atoms with van der Waals surface area (Å²) in [7, 11) is 0. The molecule has 1 amide bonds. The number of aromatic carboxylic acids is 1. The number of carbonyl (C=O) groups is 2. The Kier molecular flexibility index (Phi) is 7.89. The van der Waals surface area contributed by atoms with E-state index in [-0.39, 0.29) is 11.1 Å². The fourth-order valence-corrected chi connectivity index (χ4v) is 1.63. The number of carboxylic acid groups (broad SMARTS) is 1. The number of anilines is 1. The Hall–Kier alpha value is -2.85. The SMILES string of the molecule is CCOCCCNC(=O)/C(C#N)=C\Nc1ccc(C(=O)O)cc1. The normalized spacial score (nSPS) is 10.7. The van der Waals surface area contributed by atoms with Gasteiger partial charge in [-0.3, -0.25) is 4.79 Å². The number of carbonyl (C=O) groups excluding carboxylic acids is 1. The van der Waals surface area contributed by atoms with Gasteiger partial charge in [0.1, 0.15) is 11.6 Å². The van der Waals surface area contributed by atoms with E-state index in [0.717, 1.165) is 0 Å². The summed E-state index contributed by atoms with van der Waals surface area (Å²) in [5, 5.41) is 23.2. The number of amides is 1. The Labute approximate surface area is 134 Å². The van der Waals surface area contributed by atoms with Gasteiger partial charge in [0.2, 0.25) is 0 Å². The molecule has 0 atom stereocenters. The standard InChI is InChI=1S/C16H19N3O4/c1-2-23-9-3-8-18-15(20)13(10-17)11-19-14-6-4-12(5-7-14)16(21)22/h4-7,11,19H,2-3,8-9H2,1H3,(H,18,20)(H,21,22)/b13-11-. The Morgan fingerprint density at radius 2 is 2.04 bits per heavy atom. The predicted molar refractivity (Wildman–Crippen MR) is 84.8 cm³/mol. The van der Waals surface area contributed by atoms with Crippen molar-refractivity contribution in [2.24, 2.45) is 0 Å². The first kappa shape index (κ1) is 18.2. The summed E-state index contributed by atoms with van der Waals surface area (Å²) in [6, 6.07) is 7.77. The third kappa shape index (κ3) is 6.63. The number of hydrogen-bond acceptors (Lipinski definition) is 5. The smallest absolute Gasteiger partial charge is 0.335 e. The topological polar surface area (TPSA) is 111 Å². The molecule has 0 radical (unpaired) electrons. The van der Waals surface area contributed by atoms with Crippen molar-refractivity contribution in [2.75, 3.05) is 25.1 Å². The maximum absolute atomic E-state index is 11.8. The van der Waals surface area contributed by atoms with Gasteiger partial charge in [0.05, 0.1) is 5.56 Å². The third-order valence-electron chi connectivity index (χ3n) is 2.84. The molecule has 0 aromatic heterocycles. The highest BCUT2D eigenvalue weighted by atomic mass is 16.5. The molecule has 0 saturated carbocycles. The van der Waals surface area contributed by atoms with Crippen molar-refractivity contribution in [3.05, 3.63) is 41.6 Å². The summed E-state index contributed by atoms with van der Waals surface area (Å²) in [5.74, 6) is -1.49. The number of carboxylic acids is 1. The molecule has 23 heavy (non-hydrogen) atoms. The van der Waals surface area contributed by atoms with Crippen molar-refractivity contribution in [1.82, 2.24) is 5.32 Å². The molecule has 1 aromatic rings. The zero-order chi connectivity index (χ0) is 17.1. The van der Waals surface area contributed by atoms with Crippen molar-refractivity contribution in [2.45, 2.75) is 13.3 Å². The summed E-state index contributed by atoms with van der Waals surface area (Å²) in [4.78, 5) is 22.6. The molecule has 7 heteroatoms. The van der Waals surface area contributed by atoms with Gasteiger partial charge in [0.25, 0.3) is 5.91 Å². The number of benzene rings is 1. The van der Waals surface area contributed by atoms with Crippen LogP contribution in [0.2, 0.25) is 0 Å². The van der Waals surface area contributed by atoms with Crippen LogP contribution in [-0.4, -0.2) is 36.7 Å². The molecule has 7 nitrogen and oxygen atoms in total. The van der Waals surface area contributed by atoms with Gasteiger partial charge in [0, 0.05) is 31.6 Å². The van der Waals surface area contributed by atoms with Crippen molar-refractivity contribution < 1.29 is 19.4 Å². The van der Waals surface area contributed by atoms with E-state index < -0.39 is 11.9 Å². The van der Waals surface area contributed by atoms with Gasteiger partial charge in [-0.15, -0.1) is 0 Å². The average molecular weight is 317 g/mol. The van der Waals surface area contributed by atoms with Crippen LogP contribution in [0.3, 0.4) is 0 Å². The Morgan fingerprint density at radius 1 is 1.35 bits per heavy atom.